The molecule has 22 heavy (non-hydrogen) atoms. The molecule has 1 heterocycles. The quantitative estimate of drug-likeness (QED) is 0.578. The minimum atomic E-state index is -0.331. The number of furan rings is 1. The molecule has 116 valence electrons. The standard InChI is InChI=1S/C15H16ClN3O2S/c1-8-6-9(2)13(12(16)7-8)17-15(22)19-18-14(20)11-4-5-21-10(11)3/h4-7H,1-3H3,(H,18,20)(H2,17,19,22). The number of amides is 1. The third kappa shape index (κ3) is 3.78. The number of carbonyl (C=O) groups is 1. The number of halogens is 1. The van der Waals surface area contributed by atoms with Crippen LogP contribution in [0.1, 0.15) is 27.2 Å². The van der Waals surface area contributed by atoms with E-state index in [1.54, 1.807) is 13.0 Å². The maximum absolute atomic E-state index is 11.9. The number of hydrogen-bond donors (Lipinski definition) is 3. The van der Waals surface area contributed by atoms with Crippen molar-refractivity contribution < 1.29 is 9.21 Å². The van der Waals surface area contributed by atoms with Crippen molar-refractivity contribution in [2.45, 2.75) is 20.8 Å². The Morgan fingerprint density at radius 3 is 2.55 bits per heavy atom. The summed E-state index contributed by atoms with van der Waals surface area (Å²) in [4.78, 5) is 11.9. The molecule has 2 rings (SSSR count). The first-order chi connectivity index (χ1) is 10.4. The largest absolute Gasteiger partial charge is 0.469 e. The number of rotatable bonds is 2. The van der Waals surface area contributed by atoms with Crippen molar-refractivity contribution in [1.29, 1.82) is 0 Å². The molecule has 0 unspecified atom stereocenters. The molecule has 2 aromatic rings. The second-order valence-electron chi connectivity index (χ2n) is 4.86. The van der Waals surface area contributed by atoms with Gasteiger partial charge in [0.25, 0.3) is 5.91 Å². The van der Waals surface area contributed by atoms with E-state index in [1.807, 2.05) is 26.0 Å². The number of hydrogen-bond acceptors (Lipinski definition) is 3. The van der Waals surface area contributed by atoms with Gasteiger partial charge in [0.15, 0.2) is 5.11 Å². The number of nitrogens with one attached hydrogen (secondary N) is 3. The summed E-state index contributed by atoms with van der Waals surface area (Å²) in [7, 11) is 0. The van der Waals surface area contributed by atoms with Crippen molar-refractivity contribution >= 4 is 40.5 Å². The van der Waals surface area contributed by atoms with Gasteiger partial charge in [0, 0.05) is 0 Å². The number of carbonyl (C=O) groups excluding carboxylic acids is 1. The fourth-order valence-electron chi connectivity index (χ4n) is 2.02. The predicted octanol–water partition coefficient (Wildman–Crippen LogP) is 3.49. The number of anilines is 1. The maximum Gasteiger partial charge on any atom is 0.273 e. The van der Waals surface area contributed by atoms with Gasteiger partial charge in [-0.25, -0.2) is 0 Å². The van der Waals surface area contributed by atoms with Gasteiger partial charge in [0.1, 0.15) is 5.76 Å². The van der Waals surface area contributed by atoms with Gasteiger partial charge in [-0.05, 0) is 56.2 Å². The molecule has 0 spiro atoms. The Morgan fingerprint density at radius 2 is 1.95 bits per heavy atom. The fourth-order valence-corrected chi connectivity index (χ4v) is 2.54. The average molecular weight is 338 g/mol. The summed E-state index contributed by atoms with van der Waals surface area (Å²) in [5.74, 6) is 0.206. The molecule has 0 saturated heterocycles. The molecule has 7 heteroatoms. The highest BCUT2D eigenvalue weighted by molar-refractivity contribution is 7.80. The minimum absolute atomic E-state index is 0.239. The van der Waals surface area contributed by atoms with E-state index >= 15 is 0 Å². The van der Waals surface area contributed by atoms with E-state index in [2.05, 4.69) is 16.2 Å². The lowest BCUT2D eigenvalue weighted by Gasteiger charge is -2.15. The van der Waals surface area contributed by atoms with Gasteiger partial charge in [-0.3, -0.25) is 15.6 Å². The van der Waals surface area contributed by atoms with E-state index in [-0.39, 0.29) is 11.0 Å². The van der Waals surface area contributed by atoms with Crippen LogP contribution in [0.5, 0.6) is 0 Å². The monoisotopic (exact) mass is 337 g/mol. The molecule has 1 amide bonds. The van der Waals surface area contributed by atoms with Gasteiger partial charge in [-0.15, -0.1) is 0 Å². The van der Waals surface area contributed by atoms with Crippen molar-refractivity contribution in [3.63, 3.8) is 0 Å². The van der Waals surface area contributed by atoms with Crippen LogP contribution in [0.25, 0.3) is 0 Å². The molecule has 0 saturated carbocycles. The third-order valence-corrected chi connectivity index (χ3v) is 3.57. The SMILES string of the molecule is Cc1cc(C)c(NC(=S)NNC(=O)c2ccoc2C)c(Cl)c1. The molecule has 5 nitrogen and oxygen atoms in total. The first kappa shape index (κ1) is 16.3. The molecule has 0 fully saturated rings. The molecule has 1 aromatic carbocycles. The van der Waals surface area contributed by atoms with Crippen LogP contribution in [-0.2, 0) is 0 Å². The summed E-state index contributed by atoms with van der Waals surface area (Å²) in [6.45, 7) is 5.60. The molecule has 1 aromatic heterocycles. The maximum atomic E-state index is 11.9. The Morgan fingerprint density at radius 1 is 1.23 bits per heavy atom. The first-order valence-electron chi connectivity index (χ1n) is 6.56. The Kier molecular flexibility index (Phi) is 5.05. The van der Waals surface area contributed by atoms with E-state index in [0.717, 1.165) is 11.1 Å². The molecular weight excluding hydrogens is 322 g/mol. The lowest BCUT2D eigenvalue weighted by molar-refractivity contribution is 0.0942. The highest BCUT2D eigenvalue weighted by atomic mass is 35.5. The zero-order chi connectivity index (χ0) is 16.3. The van der Waals surface area contributed by atoms with Crippen molar-refractivity contribution in [3.05, 3.63) is 51.9 Å². The zero-order valence-corrected chi connectivity index (χ0v) is 14.0. The van der Waals surface area contributed by atoms with Gasteiger partial charge < -0.3 is 9.73 Å². The molecule has 0 atom stereocenters. The third-order valence-electron chi connectivity index (χ3n) is 3.06. The highest BCUT2D eigenvalue weighted by Crippen LogP contribution is 2.27. The molecule has 0 bridgehead atoms. The van der Waals surface area contributed by atoms with Crippen LogP contribution in [-0.4, -0.2) is 11.0 Å². The molecule has 0 aliphatic rings. The van der Waals surface area contributed by atoms with E-state index in [4.69, 9.17) is 28.2 Å². The van der Waals surface area contributed by atoms with E-state index in [0.29, 0.717) is 22.0 Å². The minimum Gasteiger partial charge on any atom is -0.469 e. The van der Waals surface area contributed by atoms with E-state index in [1.165, 1.54) is 6.26 Å². The van der Waals surface area contributed by atoms with Crippen molar-refractivity contribution in [2.24, 2.45) is 0 Å². The van der Waals surface area contributed by atoms with Crippen LogP contribution < -0.4 is 16.2 Å². The van der Waals surface area contributed by atoms with Crippen LogP contribution in [0.4, 0.5) is 5.69 Å². The van der Waals surface area contributed by atoms with Crippen molar-refractivity contribution in [1.82, 2.24) is 10.9 Å². The van der Waals surface area contributed by atoms with Gasteiger partial charge >= 0.3 is 0 Å². The second kappa shape index (κ2) is 6.81. The summed E-state index contributed by atoms with van der Waals surface area (Å²) in [6.07, 6.45) is 1.45. The van der Waals surface area contributed by atoms with E-state index in [9.17, 15) is 4.79 Å². The normalized spacial score (nSPS) is 10.2. The zero-order valence-electron chi connectivity index (χ0n) is 12.4. The molecule has 0 aliphatic carbocycles. The van der Waals surface area contributed by atoms with Gasteiger partial charge in [0.2, 0.25) is 0 Å². The predicted molar refractivity (Wildman–Crippen MR) is 91.2 cm³/mol. The summed E-state index contributed by atoms with van der Waals surface area (Å²) in [6, 6.07) is 5.42. The van der Waals surface area contributed by atoms with Crippen LogP contribution in [0.15, 0.2) is 28.9 Å². The fraction of sp³-hybridized carbons (Fsp3) is 0.200. The van der Waals surface area contributed by atoms with Gasteiger partial charge in [-0.2, -0.15) is 0 Å². The molecular formula is C15H16ClN3O2S. The summed E-state index contributed by atoms with van der Waals surface area (Å²) in [5.41, 5.74) is 8.32. The number of aryl methyl sites for hydroxylation is 3. The molecule has 0 radical (unpaired) electrons. The number of benzene rings is 1. The van der Waals surface area contributed by atoms with Crippen LogP contribution in [0.2, 0.25) is 5.02 Å². The van der Waals surface area contributed by atoms with Crippen LogP contribution in [0, 0.1) is 20.8 Å². The van der Waals surface area contributed by atoms with Crippen molar-refractivity contribution in [2.75, 3.05) is 5.32 Å². The van der Waals surface area contributed by atoms with E-state index < -0.39 is 0 Å². The average Bonchev–Trinajstić information content (AvgIpc) is 2.86. The topological polar surface area (TPSA) is 66.3 Å². The smallest absolute Gasteiger partial charge is 0.273 e. The van der Waals surface area contributed by atoms with Crippen LogP contribution >= 0.6 is 23.8 Å². The summed E-state index contributed by atoms with van der Waals surface area (Å²) < 4.78 is 5.08. The lowest BCUT2D eigenvalue weighted by Crippen LogP contribution is -2.43. The lowest BCUT2D eigenvalue weighted by atomic mass is 10.1. The summed E-state index contributed by atoms with van der Waals surface area (Å²) >= 11 is 11.3. The van der Waals surface area contributed by atoms with Crippen LogP contribution in [0.3, 0.4) is 0 Å². The summed E-state index contributed by atoms with van der Waals surface area (Å²) in [5, 5.41) is 3.78. The second-order valence-corrected chi connectivity index (χ2v) is 5.68. The first-order valence-corrected chi connectivity index (χ1v) is 7.35. The Hall–Kier alpha value is -2.05. The Balaban J connectivity index is 1.97. The van der Waals surface area contributed by atoms with Gasteiger partial charge in [-0.1, -0.05) is 17.7 Å². The number of hydrazine groups is 1. The van der Waals surface area contributed by atoms with Gasteiger partial charge in [0.05, 0.1) is 22.5 Å². The Labute approximate surface area is 139 Å². The molecule has 3 N–H and O–H groups in total. The number of thiocarbonyl (C=S) groups is 1. The highest BCUT2D eigenvalue weighted by Gasteiger charge is 2.12. The Bertz CT molecular complexity index is 704. The molecule has 0 aliphatic heterocycles. The van der Waals surface area contributed by atoms with Crippen molar-refractivity contribution in [3.8, 4) is 0 Å².